The molecule has 0 aliphatic carbocycles. The molecule has 112 valence electrons. The van der Waals surface area contributed by atoms with Crippen molar-refractivity contribution in [2.24, 2.45) is 4.99 Å². The second-order valence-electron chi connectivity index (χ2n) is 4.53. The first kappa shape index (κ1) is 16.6. The number of thioether (sulfide) groups is 1. The molecule has 0 amide bonds. The number of hydrogen-bond donors (Lipinski definition) is 3. The molecule has 1 saturated heterocycles. The number of nitrogens with zero attached hydrogens (tertiary/aromatic N) is 1. The van der Waals surface area contributed by atoms with Crippen LogP contribution in [0.1, 0.15) is 19.3 Å². The summed E-state index contributed by atoms with van der Waals surface area (Å²) in [5, 5.41) is 7.16. The third-order valence-corrected chi connectivity index (χ3v) is 4.88. The fourth-order valence-corrected chi connectivity index (χ4v) is 3.51. The van der Waals surface area contributed by atoms with E-state index in [0.29, 0.717) is 18.3 Å². The highest BCUT2D eigenvalue weighted by atomic mass is 32.2. The first-order valence-electron chi connectivity index (χ1n) is 6.52. The van der Waals surface area contributed by atoms with Crippen LogP contribution in [0.15, 0.2) is 4.99 Å². The van der Waals surface area contributed by atoms with Gasteiger partial charge in [-0.25, -0.2) is 13.1 Å². The van der Waals surface area contributed by atoms with E-state index in [4.69, 9.17) is 0 Å². The quantitative estimate of drug-likeness (QED) is 0.350. The van der Waals surface area contributed by atoms with Crippen molar-refractivity contribution in [1.82, 2.24) is 15.4 Å². The van der Waals surface area contributed by atoms with Gasteiger partial charge in [-0.3, -0.25) is 4.99 Å². The molecule has 1 unspecified atom stereocenters. The standard InChI is InChI=1S/C11H24N4O2S2/c1-12-11(14-9-10-5-3-8-18-10)13-6-4-7-15-19(2,16)17/h10,15H,3-9H2,1-2H3,(H2,12,13,14). The molecule has 0 aromatic heterocycles. The summed E-state index contributed by atoms with van der Waals surface area (Å²) in [5.74, 6) is 2.04. The molecular formula is C11H24N4O2S2. The summed E-state index contributed by atoms with van der Waals surface area (Å²) < 4.78 is 24.2. The molecule has 19 heavy (non-hydrogen) atoms. The first-order chi connectivity index (χ1) is 9.01. The van der Waals surface area contributed by atoms with E-state index in [-0.39, 0.29) is 0 Å². The summed E-state index contributed by atoms with van der Waals surface area (Å²) in [4.78, 5) is 4.14. The Kier molecular flexibility index (Phi) is 7.55. The highest BCUT2D eigenvalue weighted by Crippen LogP contribution is 2.25. The number of aliphatic imine (C=N–C) groups is 1. The summed E-state index contributed by atoms with van der Waals surface area (Å²) in [6, 6.07) is 0. The molecule has 1 atom stereocenters. The molecule has 0 saturated carbocycles. The lowest BCUT2D eigenvalue weighted by Crippen LogP contribution is -2.41. The number of rotatable bonds is 7. The Bertz CT molecular complexity index is 378. The van der Waals surface area contributed by atoms with E-state index in [1.54, 1.807) is 7.05 Å². The molecule has 0 radical (unpaired) electrons. The predicted molar refractivity (Wildman–Crippen MR) is 82.3 cm³/mol. The van der Waals surface area contributed by atoms with Gasteiger partial charge in [-0.05, 0) is 25.0 Å². The Morgan fingerprint density at radius 2 is 2.16 bits per heavy atom. The summed E-state index contributed by atoms with van der Waals surface area (Å²) in [7, 11) is -1.34. The fourth-order valence-electron chi connectivity index (χ4n) is 1.79. The zero-order valence-electron chi connectivity index (χ0n) is 11.6. The van der Waals surface area contributed by atoms with Crippen molar-refractivity contribution in [1.29, 1.82) is 0 Å². The maximum Gasteiger partial charge on any atom is 0.208 e. The van der Waals surface area contributed by atoms with E-state index in [1.807, 2.05) is 11.8 Å². The smallest absolute Gasteiger partial charge is 0.208 e. The van der Waals surface area contributed by atoms with Gasteiger partial charge < -0.3 is 10.6 Å². The molecular weight excluding hydrogens is 284 g/mol. The summed E-state index contributed by atoms with van der Waals surface area (Å²) in [5.41, 5.74) is 0. The molecule has 0 spiro atoms. The topological polar surface area (TPSA) is 82.6 Å². The molecule has 1 rings (SSSR count). The minimum absolute atomic E-state index is 0.446. The fraction of sp³-hybridized carbons (Fsp3) is 0.909. The molecule has 1 heterocycles. The monoisotopic (exact) mass is 308 g/mol. The zero-order valence-corrected chi connectivity index (χ0v) is 13.2. The van der Waals surface area contributed by atoms with Crippen molar-refractivity contribution in [3.8, 4) is 0 Å². The van der Waals surface area contributed by atoms with E-state index in [1.165, 1.54) is 24.9 Å². The van der Waals surface area contributed by atoms with E-state index < -0.39 is 10.0 Å². The molecule has 3 N–H and O–H groups in total. The minimum atomic E-state index is -3.08. The first-order valence-corrected chi connectivity index (χ1v) is 9.46. The average Bonchev–Trinajstić information content (AvgIpc) is 2.84. The Labute approximate surface area is 120 Å². The Hall–Kier alpha value is -0.470. The van der Waals surface area contributed by atoms with Gasteiger partial charge in [-0.1, -0.05) is 0 Å². The van der Waals surface area contributed by atoms with Crippen molar-refractivity contribution in [3.05, 3.63) is 0 Å². The van der Waals surface area contributed by atoms with Crippen LogP contribution in [0.25, 0.3) is 0 Å². The van der Waals surface area contributed by atoms with E-state index in [9.17, 15) is 8.42 Å². The van der Waals surface area contributed by atoms with Crippen LogP contribution in [0.4, 0.5) is 0 Å². The van der Waals surface area contributed by atoms with Crippen LogP contribution < -0.4 is 15.4 Å². The van der Waals surface area contributed by atoms with Crippen molar-refractivity contribution in [2.75, 3.05) is 38.7 Å². The predicted octanol–water partition coefficient (Wildman–Crippen LogP) is -0.0137. The SMILES string of the molecule is CN=C(NCCCNS(C)(=O)=O)NCC1CCCS1. The van der Waals surface area contributed by atoms with Gasteiger partial charge in [0.2, 0.25) is 10.0 Å². The van der Waals surface area contributed by atoms with E-state index >= 15 is 0 Å². The maximum absolute atomic E-state index is 10.9. The third kappa shape index (κ3) is 8.33. The van der Waals surface area contributed by atoms with Crippen LogP contribution in [0.5, 0.6) is 0 Å². The Morgan fingerprint density at radius 3 is 2.74 bits per heavy atom. The van der Waals surface area contributed by atoms with Crippen LogP contribution in [0, 0.1) is 0 Å². The van der Waals surface area contributed by atoms with Gasteiger partial charge in [0.1, 0.15) is 0 Å². The van der Waals surface area contributed by atoms with Crippen molar-refractivity contribution >= 4 is 27.7 Å². The molecule has 6 nitrogen and oxygen atoms in total. The molecule has 1 aliphatic heterocycles. The van der Waals surface area contributed by atoms with Gasteiger partial charge in [-0.2, -0.15) is 11.8 Å². The second kappa shape index (κ2) is 8.65. The minimum Gasteiger partial charge on any atom is -0.356 e. The Balaban J connectivity index is 2.08. The number of guanidine groups is 1. The lowest BCUT2D eigenvalue weighted by atomic mass is 10.2. The summed E-state index contributed by atoms with van der Waals surface area (Å²) >= 11 is 2.01. The lowest BCUT2D eigenvalue weighted by Gasteiger charge is -2.14. The van der Waals surface area contributed by atoms with Gasteiger partial charge in [-0.15, -0.1) is 0 Å². The van der Waals surface area contributed by atoms with Crippen LogP contribution in [0.3, 0.4) is 0 Å². The largest absolute Gasteiger partial charge is 0.356 e. The van der Waals surface area contributed by atoms with Crippen LogP contribution in [-0.2, 0) is 10.0 Å². The molecule has 0 aromatic carbocycles. The Morgan fingerprint density at radius 1 is 1.37 bits per heavy atom. The number of sulfonamides is 1. The van der Waals surface area contributed by atoms with Crippen LogP contribution in [0.2, 0.25) is 0 Å². The second-order valence-corrected chi connectivity index (χ2v) is 7.78. The number of hydrogen-bond acceptors (Lipinski definition) is 4. The third-order valence-electron chi connectivity index (χ3n) is 2.76. The molecule has 1 fully saturated rings. The highest BCUT2D eigenvalue weighted by Gasteiger charge is 2.15. The molecule has 0 aromatic rings. The molecule has 8 heteroatoms. The van der Waals surface area contributed by atoms with Crippen LogP contribution in [-0.4, -0.2) is 58.3 Å². The van der Waals surface area contributed by atoms with Crippen LogP contribution >= 0.6 is 11.8 Å². The highest BCUT2D eigenvalue weighted by molar-refractivity contribution is 8.00. The molecule has 0 bridgehead atoms. The lowest BCUT2D eigenvalue weighted by molar-refractivity contribution is 0.584. The normalized spacial score (nSPS) is 20.5. The van der Waals surface area contributed by atoms with Crippen molar-refractivity contribution < 1.29 is 8.42 Å². The van der Waals surface area contributed by atoms with Crippen molar-refractivity contribution in [3.63, 3.8) is 0 Å². The van der Waals surface area contributed by atoms with Gasteiger partial charge in [0.25, 0.3) is 0 Å². The maximum atomic E-state index is 10.9. The number of nitrogens with one attached hydrogen (secondary N) is 3. The van der Waals surface area contributed by atoms with E-state index in [0.717, 1.165) is 18.9 Å². The molecule has 1 aliphatic rings. The van der Waals surface area contributed by atoms with E-state index in [2.05, 4.69) is 20.3 Å². The van der Waals surface area contributed by atoms with Gasteiger partial charge in [0, 0.05) is 31.9 Å². The van der Waals surface area contributed by atoms with Crippen molar-refractivity contribution in [2.45, 2.75) is 24.5 Å². The van der Waals surface area contributed by atoms with Gasteiger partial charge in [0.05, 0.1) is 6.26 Å². The summed E-state index contributed by atoms with van der Waals surface area (Å²) in [6.07, 6.45) is 4.47. The van der Waals surface area contributed by atoms with Gasteiger partial charge in [0.15, 0.2) is 5.96 Å². The summed E-state index contributed by atoms with van der Waals surface area (Å²) in [6.45, 7) is 2.08. The zero-order chi connectivity index (χ0) is 14.1. The average molecular weight is 308 g/mol. The van der Waals surface area contributed by atoms with Gasteiger partial charge >= 0.3 is 0 Å².